The van der Waals surface area contributed by atoms with Gasteiger partial charge in [-0.1, -0.05) is 0 Å². The average molecular weight is 250 g/mol. The number of nitrogens with zero attached hydrogens (tertiary/aromatic N) is 1. The number of fused-ring (bicyclic) bond motifs is 1. The number of hydrogen-bond acceptors (Lipinski definition) is 3. The summed E-state index contributed by atoms with van der Waals surface area (Å²) in [5, 5.41) is 7.64. The van der Waals surface area contributed by atoms with Crippen LogP contribution in [0.15, 0.2) is 16.8 Å². The molecule has 0 aliphatic carbocycles. The molecular weight excluding hydrogens is 232 g/mol. The first-order valence-electron chi connectivity index (χ1n) is 6.35. The second-order valence-corrected chi connectivity index (χ2v) is 5.85. The third-order valence-corrected chi connectivity index (χ3v) is 4.62. The summed E-state index contributed by atoms with van der Waals surface area (Å²) in [5.74, 6) is 0.981. The van der Waals surface area contributed by atoms with Crippen LogP contribution >= 0.6 is 11.3 Å². The Balaban J connectivity index is 1.60. The lowest BCUT2D eigenvalue weighted by molar-refractivity contribution is -0.129. The minimum Gasteiger partial charge on any atom is -0.341 e. The predicted octanol–water partition coefficient (Wildman–Crippen LogP) is 1.50. The Morgan fingerprint density at radius 1 is 1.53 bits per heavy atom. The van der Waals surface area contributed by atoms with Crippen LogP contribution in [0.5, 0.6) is 0 Å². The molecule has 0 radical (unpaired) electrons. The Kier molecular flexibility index (Phi) is 3.16. The lowest BCUT2D eigenvalue weighted by atomic mass is 9.94. The van der Waals surface area contributed by atoms with Crippen molar-refractivity contribution in [3.05, 3.63) is 22.4 Å². The van der Waals surface area contributed by atoms with E-state index < -0.39 is 0 Å². The van der Waals surface area contributed by atoms with Crippen molar-refractivity contribution in [2.24, 2.45) is 5.92 Å². The summed E-state index contributed by atoms with van der Waals surface area (Å²) in [4.78, 5) is 14.2. The molecular formula is C13H18N2OS. The van der Waals surface area contributed by atoms with E-state index in [9.17, 15) is 4.79 Å². The van der Waals surface area contributed by atoms with E-state index in [1.165, 1.54) is 12.8 Å². The number of nitrogens with one attached hydrogen (secondary N) is 1. The summed E-state index contributed by atoms with van der Waals surface area (Å²) in [6, 6.07) is 2.60. The Morgan fingerprint density at radius 3 is 3.24 bits per heavy atom. The van der Waals surface area contributed by atoms with Crippen molar-refractivity contribution in [2.75, 3.05) is 19.6 Å². The molecule has 1 amide bonds. The van der Waals surface area contributed by atoms with Gasteiger partial charge in [0.15, 0.2) is 0 Å². The maximum absolute atomic E-state index is 12.2. The summed E-state index contributed by atoms with van der Waals surface area (Å²) < 4.78 is 0. The van der Waals surface area contributed by atoms with Crippen molar-refractivity contribution in [1.82, 2.24) is 10.2 Å². The lowest BCUT2D eigenvalue weighted by Crippen LogP contribution is -2.41. The fraction of sp³-hybridized carbons (Fsp3) is 0.615. The number of carbonyl (C=O) groups is 1. The first-order chi connectivity index (χ1) is 8.33. The summed E-state index contributed by atoms with van der Waals surface area (Å²) in [6.45, 7) is 2.99. The number of thiophene rings is 1. The zero-order valence-corrected chi connectivity index (χ0v) is 10.7. The van der Waals surface area contributed by atoms with Gasteiger partial charge < -0.3 is 10.2 Å². The largest absolute Gasteiger partial charge is 0.341 e. The third-order valence-electron chi connectivity index (χ3n) is 3.89. The monoisotopic (exact) mass is 250 g/mol. The highest BCUT2D eigenvalue weighted by atomic mass is 32.1. The third kappa shape index (κ3) is 2.38. The van der Waals surface area contributed by atoms with Crippen LogP contribution in [0.4, 0.5) is 0 Å². The van der Waals surface area contributed by atoms with Gasteiger partial charge in [0.1, 0.15) is 0 Å². The molecule has 17 heavy (non-hydrogen) atoms. The van der Waals surface area contributed by atoms with Crippen molar-refractivity contribution < 1.29 is 4.79 Å². The lowest BCUT2D eigenvalue weighted by Gasteiger charge is -2.24. The number of hydrogen-bond donors (Lipinski definition) is 1. The van der Waals surface area contributed by atoms with Gasteiger partial charge in [-0.05, 0) is 47.7 Å². The van der Waals surface area contributed by atoms with Gasteiger partial charge in [-0.2, -0.15) is 11.3 Å². The van der Waals surface area contributed by atoms with Crippen molar-refractivity contribution in [2.45, 2.75) is 25.3 Å². The molecule has 3 nitrogen and oxygen atoms in total. The SMILES string of the molecule is O=C(Cc1ccsc1)N1C[C@@H]2CCCN[C@@H]2C1. The van der Waals surface area contributed by atoms with Gasteiger partial charge in [0.05, 0.1) is 6.42 Å². The highest BCUT2D eigenvalue weighted by Crippen LogP contribution is 2.25. The Labute approximate surface area is 106 Å². The van der Waals surface area contributed by atoms with E-state index in [0.29, 0.717) is 24.3 Å². The van der Waals surface area contributed by atoms with Crippen LogP contribution in [0.2, 0.25) is 0 Å². The molecule has 3 rings (SSSR count). The molecule has 1 aromatic rings. The van der Waals surface area contributed by atoms with Crippen LogP contribution in [0, 0.1) is 5.92 Å². The quantitative estimate of drug-likeness (QED) is 0.863. The molecule has 92 valence electrons. The van der Waals surface area contributed by atoms with Crippen molar-refractivity contribution in [1.29, 1.82) is 0 Å². The summed E-state index contributed by atoms with van der Waals surface area (Å²) in [6.07, 6.45) is 3.11. The first kappa shape index (κ1) is 11.2. The van der Waals surface area contributed by atoms with Gasteiger partial charge in [0.25, 0.3) is 0 Å². The smallest absolute Gasteiger partial charge is 0.227 e. The maximum atomic E-state index is 12.2. The van der Waals surface area contributed by atoms with Crippen molar-refractivity contribution >= 4 is 17.2 Å². The fourth-order valence-electron chi connectivity index (χ4n) is 2.93. The van der Waals surface area contributed by atoms with Crippen LogP contribution in [0.1, 0.15) is 18.4 Å². The van der Waals surface area contributed by atoms with Gasteiger partial charge in [-0.15, -0.1) is 0 Å². The van der Waals surface area contributed by atoms with Crippen molar-refractivity contribution in [3.63, 3.8) is 0 Å². The zero-order chi connectivity index (χ0) is 11.7. The highest BCUT2D eigenvalue weighted by molar-refractivity contribution is 7.07. The molecule has 0 unspecified atom stereocenters. The van der Waals surface area contributed by atoms with Gasteiger partial charge in [-0.3, -0.25) is 4.79 Å². The molecule has 0 saturated carbocycles. The molecule has 0 bridgehead atoms. The molecule has 0 spiro atoms. The number of likely N-dealkylation sites (tertiary alicyclic amines) is 1. The van der Waals surface area contributed by atoms with E-state index in [-0.39, 0.29) is 0 Å². The van der Waals surface area contributed by atoms with Gasteiger partial charge >= 0.3 is 0 Å². The Bertz CT molecular complexity index is 376. The summed E-state index contributed by atoms with van der Waals surface area (Å²) in [7, 11) is 0. The van der Waals surface area contributed by atoms with Gasteiger partial charge in [0.2, 0.25) is 5.91 Å². The molecule has 2 saturated heterocycles. The molecule has 2 aliphatic heterocycles. The molecule has 2 atom stereocenters. The molecule has 4 heteroatoms. The van der Waals surface area contributed by atoms with Crippen LogP contribution < -0.4 is 5.32 Å². The van der Waals surface area contributed by atoms with Crippen LogP contribution in [-0.4, -0.2) is 36.5 Å². The van der Waals surface area contributed by atoms with E-state index in [4.69, 9.17) is 0 Å². The maximum Gasteiger partial charge on any atom is 0.227 e. The van der Waals surface area contributed by atoms with Gasteiger partial charge in [-0.25, -0.2) is 0 Å². The number of piperidine rings is 1. The van der Waals surface area contributed by atoms with Crippen LogP contribution in [0.3, 0.4) is 0 Å². The topological polar surface area (TPSA) is 32.3 Å². The van der Waals surface area contributed by atoms with Gasteiger partial charge in [0, 0.05) is 19.1 Å². The van der Waals surface area contributed by atoms with E-state index in [1.807, 2.05) is 16.3 Å². The second kappa shape index (κ2) is 4.78. The minimum absolute atomic E-state index is 0.291. The standard InChI is InChI=1S/C13H18N2OS/c16-13(6-10-3-5-17-9-10)15-7-11-2-1-4-14-12(11)8-15/h3,5,9,11-12,14H,1-2,4,6-8H2/t11-,12+/m0/s1. The summed E-state index contributed by atoms with van der Waals surface area (Å²) >= 11 is 1.66. The van der Waals surface area contributed by atoms with E-state index in [2.05, 4.69) is 10.7 Å². The first-order valence-corrected chi connectivity index (χ1v) is 7.29. The number of amides is 1. The van der Waals surface area contributed by atoms with E-state index in [1.54, 1.807) is 11.3 Å². The Hall–Kier alpha value is -0.870. The highest BCUT2D eigenvalue weighted by Gasteiger charge is 2.36. The molecule has 2 aliphatic rings. The number of rotatable bonds is 2. The summed E-state index contributed by atoms with van der Waals surface area (Å²) in [5.41, 5.74) is 1.16. The molecule has 2 fully saturated rings. The normalized spacial score (nSPS) is 28.1. The molecule has 1 N–H and O–H groups in total. The van der Waals surface area contributed by atoms with E-state index >= 15 is 0 Å². The van der Waals surface area contributed by atoms with E-state index in [0.717, 1.165) is 25.2 Å². The average Bonchev–Trinajstić information content (AvgIpc) is 2.96. The minimum atomic E-state index is 0.291. The predicted molar refractivity (Wildman–Crippen MR) is 69.1 cm³/mol. The van der Waals surface area contributed by atoms with Crippen molar-refractivity contribution in [3.8, 4) is 0 Å². The molecule has 0 aromatic carbocycles. The van der Waals surface area contributed by atoms with Crippen LogP contribution in [0.25, 0.3) is 0 Å². The van der Waals surface area contributed by atoms with Crippen LogP contribution in [-0.2, 0) is 11.2 Å². The zero-order valence-electron chi connectivity index (χ0n) is 9.89. The number of carbonyl (C=O) groups excluding carboxylic acids is 1. The Morgan fingerprint density at radius 2 is 2.47 bits per heavy atom. The second-order valence-electron chi connectivity index (χ2n) is 5.07. The molecule has 3 heterocycles. The molecule has 1 aromatic heterocycles. The fourth-order valence-corrected chi connectivity index (χ4v) is 3.60.